The van der Waals surface area contributed by atoms with Crippen LogP contribution in [0.4, 0.5) is 4.79 Å². The average Bonchev–Trinajstić information content (AvgIpc) is 3.21. The van der Waals surface area contributed by atoms with E-state index < -0.39 is 5.97 Å². The highest BCUT2D eigenvalue weighted by atomic mass is 32.2. The summed E-state index contributed by atoms with van der Waals surface area (Å²) in [6.45, 7) is 6.17. The molecule has 8 nitrogen and oxygen atoms in total. The van der Waals surface area contributed by atoms with Crippen molar-refractivity contribution in [2.75, 3.05) is 18.9 Å². The Hall–Kier alpha value is -3.11. The second kappa shape index (κ2) is 9.40. The van der Waals surface area contributed by atoms with Gasteiger partial charge < -0.3 is 15.4 Å². The zero-order chi connectivity index (χ0) is 23.7. The van der Waals surface area contributed by atoms with Gasteiger partial charge in [-0.15, -0.1) is 11.3 Å². The van der Waals surface area contributed by atoms with Crippen molar-refractivity contribution in [1.82, 2.24) is 20.2 Å². The maximum Gasteiger partial charge on any atom is 0.337 e. The van der Waals surface area contributed by atoms with Crippen LogP contribution in [0.15, 0.2) is 44.8 Å². The van der Waals surface area contributed by atoms with Crippen LogP contribution in [0.2, 0.25) is 0 Å². The van der Waals surface area contributed by atoms with E-state index >= 15 is 0 Å². The Kier molecular flexibility index (Phi) is 6.57. The maximum absolute atomic E-state index is 13.3. The smallest absolute Gasteiger partial charge is 0.337 e. The van der Waals surface area contributed by atoms with Crippen LogP contribution >= 0.6 is 23.1 Å². The number of nitrogens with one attached hydrogen (secondary N) is 2. The summed E-state index contributed by atoms with van der Waals surface area (Å²) in [6, 6.07) is 5.78. The summed E-state index contributed by atoms with van der Waals surface area (Å²) < 4.78 is 6.61. The Morgan fingerprint density at radius 1 is 1.27 bits per heavy atom. The first-order valence-corrected chi connectivity index (χ1v) is 12.3. The molecule has 0 radical (unpaired) electrons. The molecule has 3 aromatic rings. The number of thioether (sulfide) groups is 1. The fourth-order valence-electron chi connectivity index (χ4n) is 3.51. The SMILES string of the molecule is CCOC(=O)C1=C(CSc2nc3scc(-c4ccc(C)c(C)c4)c3c(=O)n2C)NC(=O)NC1. The average molecular weight is 485 g/mol. The van der Waals surface area contributed by atoms with Gasteiger partial charge in [0.1, 0.15) is 4.83 Å². The number of urea groups is 1. The predicted octanol–water partition coefficient (Wildman–Crippen LogP) is 3.50. The number of carbonyl (C=O) groups is 2. The van der Waals surface area contributed by atoms with E-state index in [1.807, 2.05) is 11.4 Å². The van der Waals surface area contributed by atoms with Crippen LogP contribution < -0.4 is 16.2 Å². The zero-order valence-electron chi connectivity index (χ0n) is 18.8. The van der Waals surface area contributed by atoms with E-state index in [-0.39, 0.29) is 30.5 Å². The fourth-order valence-corrected chi connectivity index (χ4v) is 5.46. The number of thiophene rings is 1. The van der Waals surface area contributed by atoms with Crippen LogP contribution in [0.5, 0.6) is 0 Å². The minimum absolute atomic E-state index is 0.0935. The summed E-state index contributed by atoms with van der Waals surface area (Å²) in [4.78, 5) is 42.7. The van der Waals surface area contributed by atoms with Gasteiger partial charge in [-0.3, -0.25) is 9.36 Å². The molecule has 0 bridgehead atoms. The van der Waals surface area contributed by atoms with Gasteiger partial charge in [-0.1, -0.05) is 30.0 Å². The van der Waals surface area contributed by atoms with Crippen LogP contribution in [0.3, 0.4) is 0 Å². The Morgan fingerprint density at radius 2 is 2.06 bits per heavy atom. The fraction of sp³-hybridized carbons (Fsp3) is 0.304. The van der Waals surface area contributed by atoms with Crippen LogP contribution in [-0.2, 0) is 16.6 Å². The summed E-state index contributed by atoms with van der Waals surface area (Å²) >= 11 is 2.71. The van der Waals surface area contributed by atoms with E-state index in [2.05, 4.69) is 36.6 Å². The van der Waals surface area contributed by atoms with Gasteiger partial charge in [-0.2, -0.15) is 0 Å². The molecule has 0 spiro atoms. The molecular weight excluding hydrogens is 460 g/mol. The van der Waals surface area contributed by atoms with E-state index in [1.54, 1.807) is 14.0 Å². The summed E-state index contributed by atoms with van der Waals surface area (Å²) in [5.74, 6) is -0.211. The van der Waals surface area contributed by atoms with Crippen molar-refractivity contribution in [1.29, 1.82) is 0 Å². The standard InChI is InChI=1S/C23H24N4O4S2/c1-5-31-21(29)15-9-24-22(30)25-17(15)11-33-23-26-19-18(20(28)27(23)4)16(10-32-19)14-7-6-12(2)13(3)8-14/h6-8,10H,5,9,11H2,1-4H3,(H2,24,25,30). The van der Waals surface area contributed by atoms with Gasteiger partial charge in [0.25, 0.3) is 5.56 Å². The van der Waals surface area contributed by atoms with Gasteiger partial charge >= 0.3 is 12.0 Å². The molecule has 2 amide bonds. The first kappa shape index (κ1) is 23.1. The molecule has 33 heavy (non-hydrogen) atoms. The second-order valence-corrected chi connectivity index (χ2v) is 9.46. The molecule has 2 aromatic heterocycles. The van der Waals surface area contributed by atoms with Gasteiger partial charge in [-0.05, 0) is 37.5 Å². The highest BCUT2D eigenvalue weighted by Crippen LogP contribution is 2.33. The Bertz CT molecular complexity index is 1360. The Balaban J connectivity index is 1.67. The molecule has 0 aliphatic carbocycles. The molecule has 2 N–H and O–H groups in total. The summed E-state index contributed by atoms with van der Waals surface area (Å²) in [5, 5.41) is 8.32. The third-order valence-electron chi connectivity index (χ3n) is 5.51. The lowest BCUT2D eigenvalue weighted by Crippen LogP contribution is -2.44. The lowest BCUT2D eigenvalue weighted by Gasteiger charge is -2.21. The summed E-state index contributed by atoms with van der Waals surface area (Å²) in [6.07, 6.45) is 0. The molecule has 10 heteroatoms. The molecule has 172 valence electrons. The maximum atomic E-state index is 13.3. The third-order valence-corrected chi connectivity index (χ3v) is 7.44. The van der Waals surface area contributed by atoms with Gasteiger partial charge in [0, 0.05) is 29.4 Å². The molecule has 0 atom stereocenters. The van der Waals surface area contributed by atoms with Crippen molar-refractivity contribution in [2.45, 2.75) is 25.9 Å². The topological polar surface area (TPSA) is 102 Å². The van der Waals surface area contributed by atoms with E-state index in [9.17, 15) is 14.4 Å². The third kappa shape index (κ3) is 4.53. The minimum atomic E-state index is -0.478. The van der Waals surface area contributed by atoms with Crippen LogP contribution in [0, 0.1) is 13.8 Å². The number of rotatable bonds is 6. The number of amides is 2. The van der Waals surface area contributed by atoms with Crippen molar-refractivity contribution >= 4 is 45.3 Å². The van der Waals surface area contributed by atoms with Crippen molar-refractivity contribution in [3.63, 3.8) is 0 Å². The molecule has 0 saturated heterocycles. The number of carbonyl (C=O) groups excluding carboxylic acids is 2. The van der Waals surface area contributed by atoms with E-state index in [1.165, 1.54) is 38.8 Å². The normalized spacial score (nSPS) is 13.8. The molecule has 0 fully saturated rings. The minimum Gasteiger partial charge on any atom is -0.463 e. The predicted molar refractivity (Wildman–Crippen MR) is 131 cm³/mol. The van der Waals surface area contributed by atoms with Crippen molar-refractivity contribution in [3.05, 3.63) is 56.3 Å². The number of hydrogen-bond acceptors (Lipinski definition) is 7. The number of ether oxygens (including phenoxy) is 1. The molecular formula is C23H24N4O4S2. The van der Waals surface area contributed by atoms with Gasteiger partial charge in [0.2, 0.25) is 0 Å². The summed E-state index contributed by atoms with van der Waals surface area (Å²) in [5.41, 5.74) is 4.92. The number of aromatic nitrogens is 2. The number of fused-ring (bicyclic) bond motifs is 1. The van der Waals surface area contributed by atoms with Gasteiger partial charge in [0.05, 0.1) is 24.1 Å². The number of hydrogen-bond donors (Lipinski definition) is 2. The second-order valence-electron chi connectivity index (χ2n) is 7.66. The van der Waals surface area contributed by atoms with Crippen LogP contribution in [0.1, 0.15) is 18.1 Å². The highest BCUT2D eigenvalue weighted by molar-refractivity contribution is 7.99. The van der Waals surface area contributed by atoms with Crippen molar-refractivity contribution in [3.8, 4) is 11.1 Å². The van der Waals surface area contributed by atoms with E-state index in [4.69, 9.17) is 9.72 Å². The van der Waals surface area contributed by atoms with E-state index in [0.717, 1.165) is 11.1 Å². The highest BCUT2D eigenvalue weighted by Gasteiger charge is 2.24. The molecule has 3 heterocycles. The monoisotopic (exact) mass is 484 g/mol. The number of esters is 1. The lowest BCUT2D eigenvalue weighted by molar-refractivity contribution is -0.138. The van der Waals surface area contributed by atoms with Gasteiger partial charge in [-0.25, -0.2) is 14.6 Å². The first-order chi connectivity index (χ1) is 15.8. The number of benzene rings is 1. The van der Waals surface area contributed by atoms with Gasteiger partial charge in [0.15, 0.2) is 5.16 Å². The Morgan fingerprint density at radius 3 is 2.79 bits per heavy atom. The lowest BCUT2D eigenvalue weighted by atomic mass is 10.0. The van der Waals surface area contributed by atoms with Crippen molar-refractivity contribution < 1.29 is 14.3 Å². The van der Waals surface area contributed by atoms with Crippen LogP contribution in [0.25, 0.3) is 21.3 Å². The molecule has 1 aliphatic heterocycles. The quantitative estimate of drug-likeness (QED) is 0.315. The molecule has 1 aliphatic rings. The summed E-state index contributed by atoms with van der Waals surface area (Å²) in [7, 11) is 1.68. The van der Waals surface area contributed by atoms with E-state index in [0.29, 0.717) is 26.6 Å². The largest absolute Gasteiger partial charge is 0.463 e. The van der Waals surface area contributed by atoms with Crippen LogP contribution in [-0.4, -0.2) is 40.5 Å². The Labute approximate surface area is 199 Å². The number of aryl methyl sites for hydroxylation is 2. The van der Waals surface area contributed by atoms with Crippen molar-refractivity contribution in [2.24, 2.45) is 7.05 Å². The number of nitrogens with zero attached hydrogens (tertiary/aromatic N) is 2. The zero-order valence-corrected chi connectivity index (χ0v) is 20.4. The molecule has 1 aromatic carbocycles. The molecule has 4 rings (SSSR count). The molecule has 0 saturated carbocycles. The first-order valence-electron chi connectivity index (χ1n) is 10.4. The molecule has 0 unspecified atom stereocenters.